The Hall–Kier alpha value is -4.01. The van der Waals surface area contributed by atoms with Crippen molar-refractivity contribution in [1.82, 2.24) is 0 Å². The molecule has 3 saturated carbocycles. The van der Waals surface area contributed by atoms with Gasteiger partial charge in [-0.15, -0.1) is 10.1 Å². The van der Waals surface area contributed by atoms with Gasteiger partial charge in [0.05, 0.1) is 25.0 Å². The summed E-state index contributed by atoms with van der Waals surface area (Å²) in [6, 6.07) is 5.93. The van der Waals surface area contributed by atoms with Crippen LogP contribution in [0.4, 0.5) is 4.39 Å². The Morgan fingerprint density at radius 2 is 1.86 bits per heavy atom. The van der Waals surface area contributed by atoms with Crippen molar-refractivity contribution in [3.63, 3.8) is 0 Å². The molecule has 1 N–H and O–H groups in total. The van der Waals surface area contributed by atoms with Crippen molar-refractivity contribution in [1.29, 1.82) is 0 Å². The van der Waals surface area contributed by atoms with Gasteiger partial charge in [0, 0.05) is 16.7 Å². The number of allylic oxidation sites excluding steroid dienone is 4. The molecule has 13 nitrogen and oxygen atoms in total. The number of ether oxygens (including phenoxy) is 4. The Labute approximate surface area is 281 Å². The van der Waals surface area contributed by atoms with Gasteiger partial charge < -0.3 is 28.9 Å². The predicted octanol–water partition coefficient (Wildman–Crippen LogP) is 4.06. The number of ketones is 2. The molecular formula is C35H40FNO12. The van der Waals surface area contributed by atoms with Gasteiger partial charge in [-0.3, -0.25) is 19.2 Å². The van der Waals surface area contributed by atoms with Crippen molar-refractivity contribution in [2.45, 2.75) is 102 Å². The summed E-state index contributed by atoms with van der Waals surface area (Å²) in [4.78, 5) is 66.3. The number of carbonyl (C=O) groups is 4. The summed E-state index contributed by atoms with van der Waals surface area (Å²) in [5.74, 6) is -4.61. The number of hydrogen-bond donors (Lipinski definition) is 1. The van der Waals surface area contributed by atoms with Crippen LogP contribution in [0.5, 0.6) is 5.75 Å². The highest BCUT2D eigenvalue weighted by molar-refractivity contribution is 6.01. The lowest BCUT2D eigenvalue weighted by atomic mass is 9.44. The van der Waals surface area contributed by atoms with E-state index in [0.29, 0.717) is 24.0 Å². The van der Waals surface area contributed by atoms with Gasteiger partial charge >= 0.3 is 11.9 Å². The minimum absolute atomic E-state index is 0.104. The van der Waals surface area contributed by atoms with Gasteiger partial charge in [-0.25, -0.2) is 4.39 Å². The molecule has 0 amide bonds. The normalized spacial score (nSPS) is 36.8. The minimum Gasteiger partial charge on any atom is -0.458 e. The Morgan fingerprint density at radius 1 is 1.12 bits per heavy atom. The van der Waals surface area contributed by atoms with E-state index in [1.807, 2.05) is 6.92 Å². The van der Waals surface area contributed by atoms with Crippen molar-refractivity contribution >= 4 is 23.5 Å². The van der Waals surface area contributed by atoms with Gasteiger partial charge in [-0.05, 0) is 82.2 Å². The molecule has 4 aliphatic carbocycles. The average Bonchev–Trinajstić information content (AvgIpc) is 3.44. The molecule has 1 heterocycles. The second-order valence-corrected chi connectivity index (χ2v) is 14.5. The van der Waals surface area contributed by atoms with Crippen LogP contribution >= 0.6 is 0 Å². The first-order valence-electron chi connectivity index (χ1n) is 16.4. The van der Waals surface area contributed by atoms with Crippen molar-refractivity contribution < 1.29 is 57.5 Å². The number of benzene rings is 1. The van der Waals surface area contributed by atoms with E-state index in [1.54, 1.807) is 32.9 Å². The zero-order valence-electron chi connectivity index (χ0n) is 27.8. The fourth-order valence-electron chi connectivity index (χ4n) is 9.35. The average molecular weight is 686 g/mol. The lowest BCUT2D eigenvalue weighted by molar-refractivity contribution is -0.763. The number of rotatable bonds is 10. The Morgan fingerprint density at radius 3 is 2.59 bits per heavy atom. The number of alkyl halides is 1. The molecule has 0 spiro atoms. The van der Waals surface area contributed by atoms with E-state index in [-0.39, 0.29) is 37.4 Å². The van der Waals surface area contributed by atoms with Crippen molar-refractivity contribution in [2.24, 2.45) is 22.7 Å². The van der Waals surface area contributed by atoms with Crippen molar-refractivity contribution in [3.05, 3.63) is 63.7 Å². The first-order chi connectivity index (χ1) is 22.9. The van der Waals surface area contributed by atoms with Gasteiger partial charge in [0.15, 0.2) is 29.4 Å². The van der Waals surface area contributed by atoms with Crippen LogP contribution in [-0.2, 0) is 44.8 Å². The number of hydrogen-bond acceptors (Lipinski definition) is 12. The highest BCUT2D eigenvalue weighted by Gasteiger charge is 2.80. The number of fused-ring (bicyclic) bond motifs is 7. The summed E-state index contributed by atoms with van der Waals surface area (Å²) in [5, 5.41) is 21.2. The number of esters is 2. The maximum Gasteiger partial charge on any atom is 0.311 e. The van der Waals surface area contributed by atoms with Crippen LogP contribution in [0.25, 0.3) is 0 Å². The lowest BCUT2D eigenvalue weighted by Gasteiger charge is -2.62. The molecule has 14 heteroatoms. The molecule has 1 aliphatic heterocycles. The van der Waals surface area contributed by atoms with Crippen molar-refractivity contribution in [3.8, 4) is 5.75 Å². The van der Waals surface area contributed by atoms with Gasteiger partial charge in [-0.1, -0.05) is 30.7 Å². The van der Waals surface area contributed by atoms with Crippen molar-refractivity contribution in [2.75, 3.05) is 6.61 Å². The summed E-state index contributed by atoms with van der Waals surface area (Å²) in [6.45, 7) is 5.84. The summed E-state index contributed by atoms with van der Waals surface area (Å²) < 4.78 is 40.9. The first-order valence-corrected chi connectivity index (χ1v) is 16.4. The van der Waals surface area contributed by atoms with Crippen LogP contribution in [0, 0.1) is 32.8 Å². The van der Waals surface area contributed by atoms with E-state index >= 15 is 4.39 Å². The third-order valence-electron chi connectivity index (χ3n) is 11.4. The zero-order valence-corrected chi connectivity index (χ0v) is 27.8. The van der Waals surface area contributed by atoms with Crippen LogP contribution in [0.1, 0.15) is 71.8 Å². The number of Topliss-reactive ketones (excluding diaryl/α,β-unsaturated/α-hetero) is 1. The fourth-order valence-corrected chi connectivity index (χ4v) is 9.35. The second kappa shape index (κ2) is 12.1. The standard InChI is InChI=1S/C35H40FNO12/c1-31(2)48-28-16-25-24-9-8-21-15-22(38)12-13-32(21,3)34(24,36)26(39)17-33(25,4)35(28,49-31)27(40)19-45-29(41)10-11-30(42)47-23-7-5-6-20(14-23)18-46-37(43)44/h5-7,12-15,24-26,28,39H,8-11,16-19H2,1-4H3/t24?,25-,26-,28+,32-,33-,34-,35+/m0/s1. The van der Waals surface area contributed by atoms with E-state index in [1.165, 1.54) is 30.4 Å². The first kappa shape index (κ1) is 34.8. The summed E-state index contributed by atoms with van der Waals surface area (Å²) in [5.41, 5.74) is -5.02. The van der Waals surface area contributed by atoms with Crippen LogP contribution in [0.2, 0.25) is 0 Å². The maximum absolute atomic E-state index is 17.6. The number of halogens is 1. The van der Waals surface area contributed by atoms with Crippen LogP contribution < -0.4 is 4.74 Å². The maximum atomic E-state index is 17.6. The molecule has 49 heavy (non-hydrogen) atoms. The number of aliphatic hydroxyl groups excluding tert-OH is 1. The molecule has 1 saturated heterocycles. The van der Waals surface area contributed by atoms with Gasteiger partial charge in [-0.2, -0.15) is 0 Å². The lowest BCUT2D eigenvalue weighted by Crippen LogP contribution is -2.70. The van der Waals surface area contributed by atoms with Crippen LogP contribution in [0.3, 0.4) is 0 Å². The third-order valence-corrected chi connectivity index (χ3v) is 11.4. The Balaban J connectivity index is 1.14. The minimum atomic E-state index is -2.11. The Kier molecular flexibility index (Phi) is 8.60. The van der Waals surface area contributed by atoms with E-state index in [0.717, 1.165) is 0 Å². The highest BCUT2D eigenvalue weighted by Crippen LogP contribution is 2.72. The monoisotopic (exact) mass is 685 g/mol. The van der Waals surface area contributed by atoms with E-state index in [9.17, 15) is 34.4 Å². The van der Waals surface area contributed by atoms with E-state index in [4.69, 9.17) is 18.9 Å². The smallest absolute Gasteiger partial charge is 0.311 e. The summed E-state index contributed by atoms with van der Waals surface area (Å²) >= 11 is 0. The molecular weight excluding hydrogens is 645 g/mol. The molecule has 1 aromatic carbocycles. The van der Waals surface area contributed by atoms with Gasteiger partial charge in [0.1, 0.15) is 12.4 Å². The Bertz CT molecular complexity index is 1660. The number of aliphatic hydroxyl groups is 1. The molecule has 6 rings (SSSR count). The molecule has 0 radical (unpaired) electrons. The highest BCUT2D eigenvalue weighted by atomic mass is 19.1. The number of nitrogens with zero attached hydrogens (tertiary/aromatic N) is 1. The topological polar surface area (TPSA) is 178 Å². The van der Waals surface area contributed by atoms with Gasteiger partial charge in [0.25, 0.3) is 5.09 Å². The SMILES string of the molecule is CC1(C)O[C@@H]2C[C@H]3C4CCC5=CC(=O)C=C[C@]5(C)[C@@]4(F)[C@@H](O)C[C@]3(C)[C@]2(C(=O)COC(=O)CCC(=O)Oc2cccc(CO[N+](=O)[O-])c2)O1. The molecule has 5 aliphatic rings. The largest absolute Gasteiger partial charge is 0.458 e. The molecule has 264 valence electrons. The van der Waals surface area contributed by atoms with E-state index < -0.39 is 87.8 Å². The molecule has 1 aromatic rings. The fraction of sp³-hybridized carbons (Fsp3) is 0.600. The quantitative estimate of drug-likeness (QED) is 0.162. The number of carbonyl (C=O) groups excluding carboxylic acids is 4. The summed E-state index contributed by atoms with van der Waals surface area (Å²) in [7, 11) is 0. The molecule has 0 aromatic heterocycles. The summed E-state index contributed by atoms with van der Waals surface area (Å²) in [6.07, 6.45) is 2.28. The molecule has 0 bridgehead atoms. The van der Waals surface area contributed by atoms with Crippen LogP contribution in [-0.4, -0.2) is 69.6 Å². The third kappa shape index (κ3) is 5.57. The molecule has 8 atom stereocenters. The zero-order chi connectivity index (χ0) is 35.6. The predicted molar refractivity (Wildman–Crippen MR) is 166 cm³/mol. The molecule has 1 unspecified atom stereocenters. The molecule has 4 fully saturated rings. The van der Waals surface area contributed by atoms with Crippen LogP contribution in [0.15, 0.2) is 48.1 Å². The van der Waals surface area contributed by atoms with Gasteiger partial charge in [0.2, 0.25) is 5.78 Å². The second-order valence-electron chi connectivity index (χ2n) is 14.5. The van der Waals surface area contributed by atoms with E-state index in [2.05, 4.69) is 4.84 Å².